The summed E-state index contributed by atoms with van der Waals surface area (Å²) in [5, 5.41) is 0. The van der Waals surface area contributed by atoms with Gasteiger partial charge in [-0.1, -0.05) is 143 Å². The van der Waals surface area contributed by atoms with Crippen LogP contribution in [-0.2, 0) is 29.4 Å². The molecule has 8 nitrogen and oxygen atoms in total. The average molecular weight is 959 g/mol. The second-order valence-electron chi connectivity index (χ2n) is 23.2. The maximum absolute atomic E-state index is 6.89. The quantitative estimate of drug-likeness (QED) is 0.0501. The monoisotopic (exact) mass is 959 g/mol. The maximum Gasteiger partial charge on any atom is 0.497 e. The van der Waals surface area contributed by atoms with Crippen molar-refractivity contribution in [2.24, 2.45) is 0 Å². The average Bonchev–Trinajstić information content (AvgIpc) is 4.14. The molecule has 2 aromatic heterocycles. The van der Waals surface area contributed by atoms with Crippen LogP contribution in [0.15, 0.2) is 24.3 Å². The van der Waals surface area contributed by atoms with E-state index in [0.29, 0.717) is 0 Å². The molecule has 5 aromatic rings. The van der Waals surface area contributed by atoms with Crippen molar-refractivity contribution in [3.63, 3.8) is 0 Å². The molecular formula is C56H80B2N4O4S2. The van der Waals surface area contributed by atoms with E-state index < -0.39 is 36.6 Å². The molecule has 68 heavy (non-hydrogen) atoms. The molecule has 0 amide bonds. The summed E-state index contributed by atoms with van der Waals surface area (Å²) >= 11 is 2.66. The van der Waals surface area contributed by atoms with Gasteiger partial charge in [0.25, 0.3) is 0 Å². The van der Waals surface area contributed by atoms with Crippen molar-refractivity contribution in [2.45, 2.75) is 245 Å². The largest absolute Gasteiger partial charge is 0.497 e. The van der Waals surface area contributed by atoms with Crippen molar-refractivity contribution in [2.75, 3.05) is 0 Å². The fraction of sp³-hybridized carbons (Fsp3) is 0.679. The molecule has 4 aliphatic rings. The Morgan fingerprint density at radius 2 is 0.676 bits per heavy atom. The van der Waals surface area contributed by atoms with E-state index in [2.05, 4.69) is 107 Å². The molecule has 2 aliphatic heterocycles. The summed E-state index contributed by atoms with van der Waals surface area (Å²) in [6.07, 6.45) is 23.8. The zero-order valence-electron chi connectivity index (χ0n) is 43.8. The van der Waals surface area contributed by atoms with Crippen LogP contribution in [0.2, 0.25) is 0 Å². The molecular weight excluding hydrogens is 878 g/mol. The molecule has 0 spiro atoms. The molecule has 0 bridgehead atoms. The first-order chi connectivity index (χ1) is 32.5. The number of hydrogen-bond donors (Lipinski definition) is 0. The van der Waals surface area contributed by atoms with Crippen LogP contribution < -0.4 is 10.9 Å². The highest BCUT2D eigenvalue weighted by Gasteiger charge is 2.56. The minimum Gasteiger partial charge on any atom is -0.399 e. The lowest BCUT2D eigenvalue weighted by Crippen LogP contribution is -2.41. The van der Waals surface area contributed by atoms with Gasteiger partial charge in [0.2, 0.25) is 0 Å². The Balaban J connectivity index is 1.33. The van der Waals surface area contributed by atoms with Crippen LogP contribution in [0.5, 0.6) is 0 Å². The van der Waals surface area contributed by atoms with E-state index in [1.54, 1.807) is 0 Å². The van der Waals surface area contributed by atoms with Crippen molar-refractivity contribution in [3.8, 4) is 22.3 Å². The summed E-state index contributed by atoms with van der Waals surface area (Å²) in [6.45, 7) is 26.5. The minimum absolute atomic E-state index is 0.215. The Labute approximate surface area is 418 Å². The van der Waals surface area contributed by atoms with E-state index in [-0.39, 0.29) is 10.8 Å². The molecule has 2 fully saturated rings. The zero-order valence-corrected chi connectivity index (χ0v) is 45.5. The summed E-state index contributed by atoms with van der Waals surface area (Å²) in [5.41, 5.74) is 14.6. The van der Waals surface area contributed by atoms with Crippen LogP contribution in [0.4, 0.5) is 0 Å². The van der Waals surface area contributed by atoms with Crippen molar-refractivity contribution in [3.05, 3.63) is 46.5 Å². The summed E-state index contributed by atoms with van der Waals surface area (Å²) in [6, 6.07) is 10.4. The van der Waals surface area contributed by atoms with E-state index in [4.69, 9.17) is 36.1 Å². The molecule has 12 heteroatoms. The molecule has 0 N–H and O–H groups in total. The van der Waals surface area contributed by atoms with Gasteiger partial charge in [0.05, 0.1) is 45.9 Å². The molecule has 0 atom stereocenters. The van der Waals surface area contributed by atoms with Crippen LogP contribution in [0.1, 0.15) is 234 Å². The van der Waals surface area contributed by atoms with Crippen LogP contribution in [0.25, 0.3) is 44.3 Å². The first-order valence-electron chi connectivity index (χ1n) is 27.0. The third kappa shape index (κ3) is 8.36. The molecule has 4 heterocycles. The number of fused-ring (bicyclic) bond motifs is 10. The van der Waals surface area contributed by atoms with Gasteiger partial charge in [-0.2, -0.15) is 17.5 Å². The topological polar surface area (TPSA) is 88.5 Å². The highest BCUT2D eigenvalue weighted by Crippen LogP contribution is 2.62. The molecule has 0 radical (unpaired) electrons. The number of rotatable bonds is 22. The second-order valence-corrected chi connectivity index (χ2v) is 24.3. The highest BCUT2D eigenvalue weighted by atomic mass is 32.1. The number of benzene rings is 3. The normalized spacial score (nSPS) is 19.9. The molecule has 9 rings (SSSR count). The second kappa shape index (κ2) is 19.4. The lowest BCUT2D eigenvalue weighted by atomic mass is 9.67. The first-order valence-corrected chi connectivity index (χ1v) is 28.5. The Morgan fingerprint density at radius 1 is 0.382 bits per heavy atom. The fourth-order valence-corrected chi connectivity index (χ4v) is 13.5. The van der Waals surface area contributed by atoms with Gasteiger partial charge in [-0.3, -0.25) is 0 Å². The minimum atomic E-state index is -0.530. The molecule has 0 unspecified atom stereocenters. The van der Waals surface area contributed by atoms with E-state index in [0.717, 1.165) is 58.7 Å². The van der Waals surface area contributed by atoms with Crippen molar-refractivity contribution in [1.82, 2.24) is 17.5 Å². The Hall–Kier alpha value is -2.73. The zero-order chi connectivity index (χ0) is 48.3. The molecule has 3 aromatic carbocycles. The van der Waals surface area contributed by atoms with Crippen molar-refractivity contribution < 1.29 is 18.6 Å². The summed E-state index contributed by atoms with van der Waals surface area (Å²) in [7, 11) is -1.06. The molecule has 366 valence electrons. The molecule has 2 aliphatic carbocycles. The van der Waals surface area contributed by atoms with Crippen molar-refractivity contribution >= 4 is 70.7 Å². The highest BCUT2D eigenvalue weighted by molar-refractivity contribution is 7.00. The van der Waals surface area contributed by atoms with E-state index in [9.17, 15) is 0 Å². The predicted molar refractivity (Wildman–Crippen MR) is 287 cm³/mol. The number of aromatic nitrogens is 4. The van der Waals surface area contributed by atoms with Gasteiger partial charge >= 0.3 is 14.2 Å². The Kier molecular flexibility index (Phi) is 14.3. The van der Waals surface area contributed by atoms with Gasteiger partial charge in [-0.25, -0.2) is 0 Å². The SMILES string of the molecule is CCCCCCC1(CCCCCC)c2cc3c(cc2-c2c1cc(B1OC(C)(C)C(C)(C)O1)c1nsnc21)C(CCCCCC)(CCCCCC)c1cc(B2OC(C)(C)C(C)(C)O2)c2nsnc2c1-3. The van der Waals surface area contributed by atoms with E-state index >= 15 is 0 Å². The Bertz CT molecular complexity index is 2380. The van der Waals surface area contributed by atoms with Crippen LogP contribution in [0, 0.1) is 0 Å². The van der Waals surface area contributed by atoms with E-state index in [1.165, 1.54) is 171 Å². The van der Waals surface area contributed by atoms with Gasteiger partial charge in [-0.15, -0.1) is 0 Å². The van der Waals surface area contributed by atoms with Gasteiger partial charge in [0, 0.05) is 32.9 Å². The maximum atomic E-state index is 6.89. The van der Waals surface area contributed by atoms with Gasteiger partial charge < -0.3 is 18.6 Å². The van der Waals surface area contributed by atoms with Crippen LogP contribution >= 0.6 is 23.5 Å². The van der Waals surface area contributed by atoms with E-state index in [1.807, 2.05) is 0 Å². The lowest BCUT2D eigenvalue weighted by Gasteiger charge is -2.35. The summed E-state index contributed by atoms with van der Waals surface area (Å²) < 4.78 is 48.3. The van der Waals surface area contributed by atoms with Gasteiger partial charge in [-0.05, 0) is 127 Å². The van der Waals surface area contributed by atoms with Crippen LogP contribution in [-0.4, -0.2) is 54.1 Å². The number of nitrogens with zero attached hydrogens (tertiary/aromatic N) is 4. The summed E-state index contributed by atoms with van der Waals surface area (Å²) in [5.74, 6) is 0. The summed E-state index contributed by atoms with van der Waals surface area (Å²) in [4.78, 5) is 0. The first kappa shape index (κ1) is 50.2. The molecule has 2 saturated heterocycles. The smallest absolute Gasteiger partial charge is 0.399 e. The third-order valence-corrected chi connectivity index (χ3v) is 18.8. The van der Waals surface area contributed by atoms with Crippen molar-refractivity contribution in [1.29, 1.82) is 0 Å². The van der Waals surface area contributed by atoms with Gasteiger partial charge in [0.1, 0.15) is 22.1 Å². The number of unbranched alkanes of at least 4 members (excludes halogenated alkanes) is 12. The fourth-order valence-electron chi connectivity index (χ4n) is 12.4. The standard InChI is InChI=1S/C56H80B2N4O4S2/c1-13-17-21-25-29-55(30-26-22-18-14-2)39-33-38-40(34-37(39)45-41(55)35-43(47-49(45)61-67-59-47)57-63-51(5,6)52(7,8)64-57)56(31-27-23-19-15-3,32-28-24-20-16-4)42-36-44(48-50(46(38)42)62-68-60-48)58-65-53(9,10)54(11,12)66-58/h33-36H,13-32H2,1-12H3. The lowest BCUT2D eigenvalue weighted by molar-refractivity contribution is 0.00578. The Morgan fingerprint density at radius 3 is 0.971 bits per heavy atom. The predicted octanol–water partition coefficient (Wildman–Crippen LogP) is 14.7. The molecule has 0 saturated carbocycles. The third-order valence-electron chi connectivity index (χ3n) is 17.7. The number of hydrogen-bond acceptors (Lipinski definition) is 10. The van der Waals surface area contributed by atoms with Crippen LogP contribution in [0.3, 0.4) is 0 Å². The van der Waals surface area contributed by atoms with Gasteiger partial charge in [0.15, 0.2) is 0 Å².